The molecule has 2 rings (SSSR count). The van der Waals surface area contributed by atoms with Gasteiger partial charge in [0, 0.05) is 13.1 Å². The Kier molecular flexibility index (Phi) is 5.49. The molecule has 1 aliphatic rings. The van der Waals surface area contributed by atoms with Crippen molar-refractivity contribution >= 4 is 17.6 Å². The summed E-state index contributed by atoms with van der Waals surface area (Å²) in [5.41, 5.74) is 0.989. The van der Waals surface area contributed by atoms with E-state index in [9.17, 15) is 4.79 Å². The van der Waals surface area contributed by atoms with Gasteiger partial charge in [-0.1, -0.05) is 11.6 Å². The lowest BCUT2D eigenvalue weighted by Gasteiger charge is -2.20. The zero-order valence-corrected chi connectivity index (χ0v) is 12.2. The van der Waals surface area contributed by atoms with Crippen molar-refractivity contribution < 1.29 is 19.0 Å². The summed E-state index contributed by atoms with van der Waals surface area (Å²) in [7, 11) is 0. The van der Waals surface area contributed by atoms with E-state index in [0.717, 1.165) is 5.56 Å². The van der Waals surface area contributed by atoms with Crippen molar-refractivity contribution in [3.63, 3.8) is 0 Å². The minimum atomic E-state index is -0.194. The van der Waals surface area contributed by atoms with Crippen LogP contribution in [-0.2, 0) is 16.1 Å². The number of fused-ring (bicyclic) bond motifs is 1. The third-order valence-corrected chi connectivity index (χ3v) is 3.08. The van der Waals surface area contributed by atoms with Crippen LogP contribution >= 0.6 is 11.6 Å². The predicted molar refractivity (Wildman–Crippen MR) is 75.4 cm³/mol. The third-order valence-electron chi connectivity index (χ3n) is 2.80. The SMILES string of the molecule is CCOC(=O)CCNCc1cc(Cl)c2c(c1)OCCO2. The molecule has 1 aromatic carbocycles. The van der Waals surface area contributed by atoms with Crippen LogP contribution in [0.3, 0.4) is 0 Å². The molecule has 0 spiro atoms. The zero-order chi connectivity index (χ0) is 14.4. The van der Waals surface area contributed by atoms with E-state index in [1.54, 1.807) is 6.92 Å². The molecule has 5 nitrogen and oxygen atoms in total. The first-order chi connectivity index (χ1) is 9.70. The lowest BCUT2D eigenvalue weighted by molar-refractivity contribution is -0.142. The lowest BCUT2D eigenvalue weighted by Crippen LogP contribution is -2.20. The molecule has 0 unspecified atom stereocenters. The Labute approximate surface area is 123 Å². The molecule has 6 heteroatoms. The third kappa shape index (κ3) is 4.02. The molecule has 0 saturated carbocycles. The molecule has 1 aliphatic heterocycles. The molecule has 0 aliphatic carbocycles. The Morgan fingerprint density at radius 3 is 3.00 bits per heavy atom. The Morgan fingerprint density at radius 2 is 2.20 bits per heavy atom. The van der Waals surface area contributed by atoms with Crippen molar-refractivity contribution in [2.75, 3.05) is 26.4 Å². The smallest absolute Gasteiger partial charge is 0.307 e. The molecular weight excluding hydrogens is 282 g/mol. The molecule has 0 radical (unpaired) electrons. The van der Waals surface area contributed by atoms with Gasteiger partial charge in [-0.3, -0.25) is 4.79 Å². The van der Waals surface area contributed by atoms with Gasteiger partial charge in [0.15, 0.2) is 11.5 Å². The van der Waals surface area contributed by atoms with Crippen molar-refractivity contribution in [1.82, 2.24) is 5.32 Å². The van der Waals surface area contributed by atoms with E-state index in [0.29, 0.717) is 55.9 Å². The van der Waals surface area contributed by atoms with E-state index in [2.05, 4.69) is 5.32 Å². The second-order valence-electron chi connectivity index (χ2n) is 4.33. The maximum absolute atomic E-state index is 11.2. The Hall–Kier alpha value is -1.46. The maximum atomic E-state index is 11.2. The van der Waals surface area contributed by atoms with Gasteiger partial charge in [-0.25, -0.2) is 0 Å². The van der Waals surface area contributed by atoms with Gasteiger partial charge in [-0.15, -0.1) is 0 Å². The van der Waals surface area contributed by atoms with E-state index in [-0.39, 0.29) is 5.97 Å². The van der Waals surface area contributed by atoms with Crippen LogP contribution in [0.1, 0.15) is 18.9 Å². The molecular formula is C14H18ClNO4. The largest absolute Gasteiger partial charge is 0.486 e. The van der Waals surface area contributed by atoms with Crippen LogP contribution in [0, 0.1) is 0 Å². The highest BCUT2D eigenvalue weighted by Crippen LogP contribution is 2.38. The number of benzene rings is 1. The highest BCUT2D eigenvalue weighted by Gasteiger charge is 2.16. The molecule has 0 fully saturated rings. The number of halogens is 1. The van der Waals surface area contributed by atoms with Gasteiger partial charge in [0.25, 0.3) is 0 Å². The fourth-order valence-electron chi connectivity index (χ4n) is 1.92. The van der Waals surface area contributed by atoms with Crippen LogP contribution in [0.15, 0.2) is 12.1 Å². The van der Waals surface area contributed by atoms with Crippen molar-refractivity contribution in [1.29, 1.82) is 0 Å². The first kappa shape index (κ1) is 14.9. The van der Waals surface area contributed by atoms with E-state index >= 15 is 0 Å². The maximum Gasteiger partial charge on any atom is 0.307 e. The summed E-state index contributed by atoms with van der Waals surface area (Å²) in [6, 6.07) is 3.74. The monoisotopic (exact) mass is 299 g/mol. The van der Waals surface area contributed by atoms with Crippen molar-refractivity contribution in [3.05, 3.63) is 22.7 Å². The van der Waals surface area contributed by atoms with Crippen LogP contribution in [0.25, 0.3) is 0 Å². The molecule has 1 aromatic rings. The number of hydrogen-bond acceptors (Lipinski definition) is 5. The van der Waals surface area contributed by atoms with Gasteiger partial charge in [0.1, 0.15) is 13.2 Å². The summed E-state index contributed by atoms with van der Waals surface area (Å²) < 4.78 is 15.8. The van der Waals surface area contributed by atoms with Gasteiger partial charge in [-0.2, -0.15) is 0 Å². The van der Waals surface area contributed by atoms with Crippen molar-refractivity contribution in [2.45, 2.75) is 19.9 Å². The summed E-state index contributed by atoms with van der Waals surface area (Å²) in [4.78, 5) is 11.2. The first-order valence-corrected chi connectivity index (χ1v) is 7.03. The Morgan fingerprint density at radius 1 is 1.40 bits per heavy atom. The summed E-state index contributed by atoms with van der Waals surface area (Å²) in [6.45, 7) is 4.42. The van der Waals surface area contributed by atoms with Crippen LogP contribution in [0.5, 0.6) is 11.5 Å². The number of rotatable bonds is 6. The number of esters is 1. The minimum absolute atomic E-state index is 0.194. The van der Waals surface area contributed by atoms with Crippen LogP contribution in [-0.4, -0.2) is 32.3 Å². The lowest BCUT2D eigenvalue weighted by atomic mass is 10.2. The highest BCUT2D eigenvalue weighted by atomic mass is 35.5. The van der Waals surface area contributed by atoms with Crippen LogP contribution < -0.4 is 14.8 Å². The summed E-state index contributed by atoms with van der Waals surface area (Å²) >= 11 is 6.14. The summed E-state index contributed by atoms with van der Waals surface area (Å²) in [5.74, 6) is 1.08. The summed E-state index contributed by atoms with van der Waals surface area (Å²) in [5, 5.41) is 3.71. The van der Waals surface area contributed by atoms with Gasteiger partial charge in [0.2, 0.25) is 0 Å². The fourth-order valence-corrected chi connectivity index (χ4v) is 2.21. The number of nitrogens with one attached hydrogen (secondary N) is 1. The molecule has 0 bridgehead atoms. The number of carbonyl (C=O) groups is 1. The van der Waals surface area contributed by atoms with Gasteiger partial charge < -0.3 is 19.5 Å². The number of carbonyl (C=O) groups excluding carboxylic acids is 1. The van der Waals surface area contributed by atoms with Gasteiger partial charge in [-0.05, 0) is 24.6 Å². The normalized spacial score (nSPS) is 13.1. The Bertz CT molecular complexity index is 478. The molecule has 0 amide bonds. The standard InChI is InChI=1S/C14H18ClNO4/c1-2-18-13(17)3-4-16-9-10-7-11(15)14-12(8-10)19-5-6-20-14/h7-8,16H,2-6,9H2,1H3. The van der Waals surface area contributed by atoms with Gasteiger partial charge in [0.05, 0.1) is 18.1 Å². The zero-order valence-electron chi connectivity index (χ0n) is 11.4. The average Bonchev–Trinajstić information content (AvgIpc) is 2.44. The predicted octanol–water partition coefficient (Wildman–Crippen LogP) is 2.15. The molecule has 1 heterocycles. The molecule has 110 valence electrons. The number of hydrogen-bond donors (Lipinski definition) is 1. The van der Waals surface area contributed by atoms with E-state index in [1.807, 2.05) is 12.1 Å². The second kappa shape index (κ2) is 7.36. The number of ether oxygens (including phenoxy) is 3. The quantitative estimate of drug-likeness (QED) is 0.644. The second-order valence-corrected chi connectivity index (χ2v) is 4.74. The highest BCUT2D eigenvalue weighted by molar-refractivity contribution is 6.32. The first-order valence-electron chi connectivity index (χ1n) is 6.65. The molecule has 0 saturated heterocycles. The molecule has 0 aromatic heterocycles. The van der Waals surface area contributed by atoms with Crippen LogP contribution in [0.4, 0.5) is 0 Å². The average molecular weight is 300 g/mol. The molecule has 0 atom stereocenters. The molecule has 20 heavy (non-hydrogen) atoms. The fraction of sp³-hybridized carbons (Fsp3) is 0.500. The van der Waals surface area contributed by atoms with Crippen molar-refractivity contribution in [3.8, 4) is 11.5 Å². The van der Waals surface area contributed by atoms with E-state index in [4.69, 9.17) is 25.8 Å². The van der Waals surface area contributed by atoms with E-state index < -0.39 is 0 Å². The van der Waals surface area contributed by atoms with Gasteiger partial charge >= 0.3 is 5.97 Å². The minimum Gasteiger partial charge on any atom is -0.486 e. The van der Waals surface area contributed by atoms with E-state index in [1.165, 1.54) is 0 Å². The Balaban J connectivity index is 1.84. The van der Waals surface area contributed by atoms with Crippen molar-refractivity contribution in [2.24, 2.45) is 0 Å². The van der Waals surface area contributed by atoms with Crippen LogP contribution in [0.2, 0.25) is 5.02 Å². The molecule has 1 N–H and O–H groups in total. The topological polar surface area (TPSA) is 56.8 Å². The summed E-state index contributed by atoms with van der Waals surface area (Å²) in [6.07, 6.45) is 0.353.